The second-order valence-corrected chi connectivity index (χ2v) is 5.56. The van der Waals surface area contributed by atoms with Crippen LogP contribution in [0.1, 0.15) is 11.1 Å². The first-order chi connectivity index (χ1) is 12.2. The van der Waals surface area contributed by atoms with Gasteiger partial charge in [-0.25, -0.2) is 14.2 Å². The van der Waals surface area contributed by atoms with Crippen molar-refractivity contribution in [1.29, 1.82) is 0 Å². The zero-order valence-electron chi connectivity index (χ0n) is 13.5. The number of hydrazine groups is 1. The van der Waals surface area contributed by atoms with E-state index in [2.05, 4.69) is 10.9 Å². The van der Waals surface area contributed by atoms with Crippen molar-refractivity contribution >= 4 is 5.69 Å². The Bertz CT molecular complexity index is 805. The summed E-state index contributed by atoms with van der Waals surface area (Å²) in [6, 6.07) is 20.7. The molecule has 0 spiro atoms. The van der Waals surface area contributed by atoms with Crippen LogP contribution in [0.3, 0.4) is 0 Å². The zero-order chi connectivity index (χ0) is 17.5. The molecule has 0 heterocycles. The van der Waals surface area contributed by atoms with Crippen LogP contribution in [-0.2, 0) is 13.2 Å². The average molecular weight is 340 g/mol. The molecule has 128 valence electrons. The van der Waals surface area contributed by atoms with Gasteiger partial charge in [0.2, 0.25) is 0 Å². The second kappa shape index (κ2) is 8.26. The predicted octanol–water partition coefficient (Wildman–Crippen LogP) is 4.66. The molecule has 0 radical (unpaired) electrons. The summed E-state index contributed by atoms with van der Waals surface area (Å²) in [5.41, 5.74) is 8.68. The Labute approximate surface area is 145 Å². The molecule has 0 aliphatic rings. The third kappa shape index (κ3) is 5.29. The van der Waals surface area contributed by atoms with Gasteiger partial charge in [0.15, 0.2) is 0 Å². The molecule has 3 rings (SSSR count). The topological polar surface area (TPSA) is 33.3 Å². The molecule has 0 bridgehead atoms. The molecule has 0 aromatic heterocycles. The highest BCUT2D eigenvalue weighted by Crippen LogP contribution is 2.16. The summed E-state index contributed by atoms with van der Waals surface area (Å²) < 4.78 is 32.0. The Balaban J connectivity index is 1.54. The molecule has 5 heteroatoms. The fourth-order valence-corrected chi connectivity index (χ4v) is 2.38. The summed E-state index contributed by atoms with van der Waals surface area (Å²) >= 11 is 0. The third-order valence-electron chi connectivity index (χ3n) is 3.53. The fraction of sp³-hybridized carbons (Fsp3) is 0.100. The van der Waals surface area contributed by atoms with Gasteiger partial charge in [-0.15, -0.1) is 0 Å². The van der Waals surface area contributed by atoms with Crippen molar-refractivity contribution in [2.24, 2.45) is 0 Å². The van der Waals surface area contributed by atoms with Crippen LogP contribution in [0, 0.1) is 11.6 Å². The molecule has 3 aromatic rings. The third-order valence-corrected chi connectivity index (χ3v) is 3.53. The zero-order valence-corrected chi connectivity index (χ0v) is 13.5. The number of hydrogen-bond donors (Lipinski definition) is 2. The van der Waals surface area contributed by atoms with E-state index in [9.17, 15) is 8.78 Å². The van der Waals surface area contributed by atoms with Gasteiger partial charge in [-0.1, -0.05) is 30.3 Å². The largest absolute Gasteiger partial charge is 0.489 e. The van der Waals surface area contributed by atoms with Gasteiger partial charge in [0, 0.05) is 18.3 Å². The van der Waals surface area contributed by atoms with Crippen molar-refractivity contribution in [3.05, 3.63) is 95.6 Å². The van der Waals surface area contributed by atoms with Crippen LogP contribution in [0.5, 0.6) is 5.75 Å². The first-order valence-corrected chi connectivity index (χ1v) is 7.90. The lowest BCUT2D eigenvalue weighted by molar-refractivity contribution is 0.304. The van der Waals surface area contributed by atoms with Gasteiger partial charge in [0.1, 0.15) is 24.0 Å². The van der Waals surface area contributed by atoms with E-state index in [-0.39, 0.29) is 6.61 Å². The molecule has 0 saturated heterocycles. The second-order valence-electron chi connectivity index (χ2n) is 5.56. The minimum atomic E-state index is -0.608. The van der Waals surface area contributed by atoms with Crippen molar-refractivity contribution in [3.63, 3.8) is 0 Å². The maximum atomic E-state index is 13.2. The van der Waals surface area contributed by atoms with E-state index in [4.69, 9.17) is 4.74 Å². The van der Waals surface area contributed by atoms with Crippen molar-refractivity contribution in [2.75, 3.05) is 5.43 Å². The molecule has 25 heavy (non-hydrogen) atoms. The molecule has 0 amide bonds. The molecular formula is C20H18F2N2O. The van der Waals surface area contributed by atoms with E-state index in [1.54, 1.807) is 0 Å². The van der Waals surface area contributed by atoms with Gasteiger partial charge in [-0.05, 0) is 47.5 Å². The molecular weight excluding hydrogens is 322 g/mol. The van der Waals surface area contributed by atoms with Crippen LogP contribution < -0.4 is 15.6 Å². The quantitative estimate of drug-likeness (QED) is 0.614. The Kier molecular flexibility index (Phi) is 5.59. The molecule has 0 saturated carbocycles. The highest BCUT2D eigenvalue weighted by Gasteiger charge is 2.03. The van der Waals surface area contributed by atoms with E-state index in [1.165, 1.54) is 12.1 Å². The Hall–Kier alpha value is -2.92. The number of anilines is 1. The summed E-state index contributed by atoms with van der Waals surface area (Å²) in [6.45, 7) is 0.703. The first kappa shape index (κ1) is 16.9. The van der Waals surface area contributed by atoms with Gasteiger partial charge in [-0.2, -0.15) is 0 Å². The average Bonchev–Trinajstić information content (AvgIpc) is 2.61. The summed E-state index contributed by atoms with van der Waals surface area (Å²) in [5, 5.41) is 0. The summed E-state index contributed by atoms with van der Waals surface area (Å²) in [5.74, 6) is -0.573. The van der Waals surface area contributed by atoms with Gasteiger partial charge >= 0.3 is 0 Å². The molecule has 0 aliphatic carbocycles. The number of para-hydroxylation sites is 1. The Morgan fingerprint density at radius 2 is 1.52 bits per heavy atom. The summed E-state index contributed by atoms with van der Waals surface area (Å²) in [7, 11) is 0. The van der Waals surface area contributed by atoms with Gasteiger partial charge < -0.3 is 10.2 Å². The van der Waals surface area contributed by atoms with Crippen LogP contribution in [0.4, 0.5) is 14.5 Å². The lowest BCUT2D eigenvalue weighted by atomic mass is 10.2. The molecule has 3 aromatic carbocycles. The number of nitrogens with one attached hydrogen (secondary N) is 2. The monoisotopic (exact) mass is 340 g/mol. The summed E-state index contributed by atoms with van der Waals surface area (Å²) in [6.07, 6.45) is 0. The highest BCUT2D eigenvalue weighted by atomic mass is 19.1. The maximum Gasteiger partial charge on any atom is 0.126 e. The van der Waals surface area contributed by atoms with Crippen molar-refractivity contribution in [3.8, 4) is 5.75 Å². The maximum absolute atomic E-state index is 13.2. The van der Waals surface area contributed by atoms with E-state index in [1.807, 2.05) is 54.6 Å². The fourth-order valence-electron chi connectivity index (χ4n) is 2.38. The predicted molar refractivity (Wildman–Crippen MR) is 94.0 cm³/mol. The standard InChI is InChI=1S/C20H18F2N2O/c21-17-9-16(10-18(22)12-17)14-25-20-8-4-5-15(11-20)13-23-24-19-6-2-1-3-7-19/h1-12,23-24H,13-14H2. The SMILES string of the molecule is Fc1cc(F)cc(COc2cccc(CNNc3ccccc3)c2)c1. The van der Waals surface area contributed by atoms with Gasteiger partial charge in [-0.3, -0.25) is 0 Å². The minimum Gasteiger partial charge on any atom is -0.489 e. The van der Waals surface area contributed by atoms with Gasteiger partial charge in [0.05, 0.1) is 0 Å². The van der Waals surface area contributed by atoms with Crippen LogP contribution >= 0.6 is 0 Å². The first-order valence-electron chi connectivity index (χ1n) is 7.90. The lowest BCUT2D eigenvalue weighted by Gasteiger charge is -2.11. The van der Waals surface area contributed by atoms with Crippen molar-refractivity contribution < 1.29 is 13.5 Å². The van der Waals surface area contributed by atoms with E-state index < -0.39 is 11.6 Å². The molecule has 3 nitrogen and oxygen atoms in total. The Morgan fingerprint density at radius 1 is 0.760 bits per heavy atom. The van der Waals surface area contributed by atoms with Crippen LogP contribution in [0.25, 0.3) is 0 Å². The van der Waals surface area contributed by atoms with E-state index in [0.717, 1.165) is 17.3 Å². The van der Waals surface area contributed by atoms with Crippen LogP contribution in [0.2, 0.25) is 0 Å². The molecule has 2 N–H and O–H groups in total. The summed E-state index contributed by atoms with van der Waals surface area (Å²) in [4.78, 5) is 0. The van der Waals surface area contributed by atoms with Gasteiger partial charge in [0.25, 0.3) is 0 Å². The van der Waals surface area contributed by atoms with E-state index in [0.29, 0.717) is 17.9 Å². The molecule has 0 unspecified atom stereocenters. The minimum absolute atomic E-state index is 0.105. The lowest BCUT2D eigenvalue weighted by Crippen LogP contribution is -2.20. The molecule has 0 fully saturated rings. The molecule has 0 aliphatic heterocycles. The number of halogens is 2. The number of hydrogen-bond acceptors (Lipinski definition) is 3. The smallest absolute Gasteiger partial charge is 0.126 e. The highest BCUT2D eigenvalue weighted by molar-refractivity contribution is 5.41. The Morgan fingerprint density at radius 3 is 2.28 bits per heavy atom. The van der Waals surface area contributed by atoms with E-state index >= 15 is 0 Å². The van der Waals surface area contributed by atoms with Crippen molar-refractivity contribution in [2.45, 2.75) is 13.2 Å². The molecule has 0 atom stereocenters. The number of rotatable bonds is 7. The normalized spacial score (nSPS) is 10.5. The van der Waals surface area contributed by atoms with Crippen molar-refractivity contribution in [1.82, 2.24) is 5.43 Å². The number of ether oxygens (including phenoxy) is 1. The van der Waals surface area contributed by atoms with Crippen LogP contribution in [0.15, 0.2) is 72.8 Å². The number of benzene rings is 3. The van der Waals surface area contributed by atoms with Crippen LogP contribution in [-0.4, -0.2) is 0 Å².